The van der Waals surface area contributed by atoms with Crippen molar-refractivity contribution in [1.29, 1.82) is 0 Å². The summed E-state index contributed by atoms with van der Waals surface area (Å²) in [7, 11) is 0. The van der Waals surface area contributed by atoms with Crippen LogP contribution in [0.4, 0.5) is 17.6 Å². The summed E-state index contributed by atoms with van der Waals surface area (Å²) < 4.78 is 56.1. The number of alkyl halides is 3. The molecule has 0 saturated carbocycles. The van der Waals surface area contributed by atoms with E-state index < -0.39 is 17.9 Å². The number of nitrogens with one attached hydrogen (secondary N) is 1. The molecule has 1 aromatic carbocycles. The van der Waals surface area contributed by atoms with E-state index in [2.05, 4.69) is 20.1 Å². The number of hydrogen-bond acceptors (Lipinski definition) is 4. The lowest BCUT2D eigenvalue weighted by Gasteiger charge is -2.14. The zero-order chi connectivity index (χ0) is 16.2. The summed E-state index contributed by atoms with van der Waals surface area (Å²) in [5.41, 5.74) is -0.192. The van der Waals surface area contributed by atoms with Gasteiger partial charge in [-0.25, -0.2) is 14.1 Å². The van der Waals surface area contributed by atoms with Crippen molar-refractivity contribution in [1.82, 2.24) is 20.1 Å². The number of aryl methyl sites for hydroxylation is 1. The predicted molar refractivity (Wildman–Crippen MR) is 69.3 cm³/mol. The highest BCUT2D eigenvalue weighted by Crippen LogP contribution is 2.28. The Morgan fingerprint density at radius 2 is 2.05 bits per heavy atom. The molecule has 5 nitrogen and oxygen atoms in total. The molecule has 120 valence electrons. The Morgan fingerprint density at radius 1 is 1.27 bits per heavy atom. The number of halogens is 4. The van der Waals surface area contributed by atoms with E-state index in [0.29, 0.717) is 12.4 Å². The third kappa shape index (κ3) is 4.17. The van der Waals surface area contributed by atoms with E-state index in [4.69, 9.17) is 0 Å². The monoisotopic (exact) mass is 318 g/mol. The van der Waals surface area contributed by atoms with Crippen LogP contribution in [0.3, 0.4) is 0 Å². The van der Waals surface area contributed by atoms with E-state index in [1.165, 1.54) is 6.33 Å². The Morgan fingerprint density at radius 3 is 2.73 bits per heavy atom. The molecule has 0 spiro atoms. The van der Waals surface area contributed by atoms with Crippen molar-refractivity contribution in [3.63, 3.8) is 0 Å². The molecule has 22 heavy (non-hydrogen) atoms. The fraction of sp³-hybridized carbons (Fsp3) is 0.385. The third-order valence-corrected chi connectivity index (χ3v) is 2.88. The topological polar surface area (TPSA) is 52.0 Å². The van der Waals surface area contributed by atoms with Crippen LogP contribution in [0.1, 0.15) is 18.3 Å². The van der Waals surface area contributed by atoms with Gasteiger partial charge in [0.1, 0.15) is 23.7 Å². The van der Waals surface area contributed by atoms with E-state index in [1.54, 1.807) is 4.68 Å². The third-order valence-electron chi connectivity index (χ3n) is 2.88. The second kappa shape index (κ2) is 6.73. The van der Waals surface area contributed by atoms with Crippen molar-refractivity contribution < 1.29 is 22.3 Å². The van der Waals surface area contributed by atoms with E-state index in [0.717, 1.165) is 18.2 Å². The summed E-state index contributed by atoms with van der Waals surface area (Å²) in [6.45, 7) is 2.60. The molecule has 0 bridgehead atoms. The summed E-state index contributed by atoms with van der Waals surface area (Å²) in [5, 5.41) is 6.80. The van der Waals surface area contributed by atoms with Gasteiger partial charge in [-0.05, 0) is 19.1 Å². The van der Waals surface area contributed by atoms with E-state index in [1.807, 2.05) is 6.92 Å². The fourth-order valence-electron chi connectivity index (χ4n) is 1.92. The molecule has 2 aromatic rings. The number of ether oxygens (including phenoxy) is 1. The Kier molecular flexibility index (Phi) is 4.96. The minimum Gasteiger partial charge on any atom is -0.405 e. The normalized spacial score (nSPS) is 11.7. The molecule has 1 aromatic heterocycles. The smallest absolute Gasteiger partial charge is 0.405 e. The van der Waals surface area contributed by atoms with Gasteiger partial charge in [0.15, 0.2) is 0 Å². The van der Waals surface area contributed by atoms with Crippen LogP contribution in [0, 0.1) is 5.82 Å². The van der Waals surface area contributed by atoms with Crippen LogP contribution in [0.2, 0.25) is 0 Å². The maximum atomic E-state index is 13.7. The van der Waals surface area contributed by atoms with E-state index in [-0.39, 0.29) is 18.7 Å². The summed E-state index contributed by atoms with van der Waals surface area (Å²) in [4.78, 5) is 4.01. The molecule has 0 aliphatic heterocycles. The molecular formula is C13H14F4N4O. The Hall–Kier alpha value is -2.16. The van der Waals surface area contributed by atoms with Crippen LogP contribution in [0.15, 0.2) is 24.5 Å². The molecule has 0 aliphatic carbocycles. The molecule has 2 rings (SSSR count). The molecule has 0 fully saturated rings. The van der Waals surface area contributed by atoms with Crippen LogP contribution in [0.5, 0.6) is 5.75 Å². The van der Waals surface area contributed by atoms with Crippen molar-refractivity contribution in [3.8, 4) is 5.75 Å². The second-order valence-electron chi connectivity index (χ2n) is 4.36. The average molecular weight is 318 g/mol. The highest BCUT2D eigenvalue weighted by atomic mass is 19.4. The molecule has 0 radical (unpaired) electrons. The minimum absolute atomic E-state index is 0.130. The summed E-state index contributed by atoms with van der Waals surface area (Å²) in [6, 6.07) is 3.31. The maximum absolute atomic E-state index is 13.7. The second-order valence-corrected chi connectivity index (χ2v) is 4.36. The van der Waals surface area contributed by atoms with Gasteiger partial charge in [0.25, 0.3) is 0 Å². The molecule has 1 N–H and O–H groups in total. The highest BCUT2D eigenvalue weighted by Gasteiger charge is 2.32. The van der Waals surface area contributed by atoms with Gasteiger partial charge in [0, 0.05) is 18.7 Å². The van der Waals surface area contributed by atoms with Gasteiger partial charge in [-0.2, -0.15) is 5.10 Å². The number of rotatable bonds is 6. The zero-order valence-corrected chi connectivity index (χ0v) is 11.7. The number of aromatic nitrogens is 3. The van der Waals surface area contributed by atoms with Gasteiger partial charge in [-0.15, -0.1) is 13.2 Å². The largest absolute Gasteiger partial charge is 0.573 e. The van der Waals surface area contributed by atoms with Crippen molar-refractivity contribution in [2.75, 3.05) is 0 Å². The van der Waals surface area contributed by atoms with Crippen molar-refractivity contribution >= 4 is 0 Å². The molecule has 1 heterocycles. The standard InChI is InChI=1S/C13H14F4N4O/c1-2-21-12(19-8-20-21)7-18-6-9-10(14)4-3-5-11(9)22-13(15,16)17/h3-5,8,18H,2,6-7H2,1H3. The fourth-order valence-corrected chi connectivity index (χ4v) is 1.92. The summed E-state index contributed by atoms with van der Waals surface area (Å²) in [5.74, 6) is -0.722. The van der Waals surface area contributed by atoms with Crippen molar-refractivity contribution in [2.24, 2.45) is 0 Å². The molecule has 0 amide bonds. The van der Waals surface area contributed by atoms with Gasteiger partial charge in [-0.3, -0.25) is 0 Å². The highest BCUT2D eigenvalue weighted by molar-refractivity contribution is 5.34. The van der Waals surface area contributed by atoms with Gasteiger partial charge in [-0.1, -0.05) is 6.07 Å². The van der Waals surface area contributed by atoms with Crippen LogP contribution in [-0.4, -0.2) is 21.1 Å². The Bertz CT molecular complexity index is 627. The first kappa shape index (κ1) is 16.2. The van der Waals surface area contributed by atoms with Crippen LogP contribution in [0.25, 0.3) is 0 Å². The van der Waals surface area contributed by atoms with Crippen LogP contribution in [-0.2, 0) is 19.6 Å². The lowest BCUT2D eigenvalue weighted by Crippen LogP contribution is -2.21. The maximum Gasteiger partial charge on any atom is 0.573 e. The predicted octanol–water partition coefficient (Wildman–Crippen LogP) is 2.63. The zero-order valence-electron chi connectivity index (χ0n) is 11.7. The van der Waals surface area contributed by atoms with Gasteiger partial charge in [0.05, 0.1) is 6.54 Å². The molecule has 0 saturated heterocycles. The molecule has 0 unspecified atom stereocenters. The minimum atomic E-state index is -4.87. The van der Waals surface area contributed by atoms with Crippen molar-refractivity contribution in [2.45, 2.75) is 32.9 Å². The van der Waals surface area contributed by atoms with Crippen LogP contribution >= 0.6 is 0 Å². The van der Waals surface area contributed by atoms with E-state index >= 15 is 0 Å². The first-order chi connectivity index (χ1) is 10.4. The Labute approximate surface area is 123 Å². The Balaban J connectivity index is 2.06. The van der Waals surface area contributed by atoms with Gasteiger partial charge in [0.2, 0.25) is 0 Å². The number of hydrogen-bond donors (Lipinski definition) is 1. The lowest BCUT2D eigenvalue weighted by molar-refractivity contribution is -0.275. The number of benzene rings is 1. The van der Waals surface area contributed by atoms with Crippen molar-refractivity contribution in [3.05, 3.63) is 41.7 Å². The van der Waals surface area contributed by atoms with Crippen LogP contribution < -0.4 is 10.1 Å². The quantitative estimate of drug-likeness (QED) is 0.832. The lowest BCUT2D eigenvalue weighted by atomic mass is 10.2. The molecule has 0 atom stereocenters. The molecule has 0 aliphatic rings. The molecular weight excluding hydrogens is 304 g/mol. The average Bonchev–Trinajstić information content (AvgIpc) is 2.87. The summed E-state index contributed by atoms with van der Waals surface area (Å²) >= 11 is 0. The summed E-state index contributed by atoms with van der Waals surface area (Å²) in [6.07, 6.45) is -3.49. The SMILES string of the molecule is CCn1ncnc1CNCc1c(F)cccc1OC(F)(F)F. The first-order valence-corrected chi connectivity index (χ1v) is 6.51. The molecule has 9 heteroatoms. The van der Waals surface area contributed by atoms with E-state index in [9.17, 15) is 17.6 Å². The number of nitrogens with zero attached hydrogens (tertiary/aromatic N) is 3. The van der Waals surface area contributed by atoms with Gasteiger partial charge < -0.3 is 10.1 Å². The van der Waals surface area contributed by atoms with Gasteiger partial charge >= 0.3 is 6.36 Å². The first-order valence-electron chi connectivity index (χ1n) is 6.51.